The molecule has 158 valence electrons. The molecule has 0 radical (unpaired) electrons. The summed E-state index contributed by atoms with van der Waals surface area (Å²) in [6.07, 6.45) is 2.72. The minimum Gasteiger partial charge on any atom is -0.489 e. The van der Waals surface area contributed by atoms with Gasteiger partial charge in [0, 0.05) is 25.6 Å². The summed E-state index contributed by atoms with van der Waals surface area (Å²) in [6, 6.07) is 3.38. The van der Waals surface area contributed by atoms with Crippen molar-refractivity contribution in [2.45, 2.75) is 57.1 Å². The third-order valence-electron chi connectivity index (χ3n) is 5.26. The SMILES string of the molecule is CCNS(=O)(=O)c1cc2c(c(C(=O)NCC3CCCN3CC)c1)OC(C)C2.Cl. The summed E-state index contributed by atoms with van der Waals surface area (Å²) in [5.41, 5.74) is 1.07. The van der Waals surface area contributed by atoms with E-state index < -0.39 is 10.0 Å². The average molecular weight is 432 g/mol. The van der Waals surface area contributed by atoms with Gasteiger partial charge in [-0.3, -0.25) is 9.69 Å². The number of hydrogen-bond donors (Lipinski definition) is 2. The molecule has 1 aromatic carbocycles. The highest BCUT2D eigenvalue weighted by molar-refractivity contribution is 7.89. The van der Waals surface area contributed by atoms with Gasteiger partial charge in [0.1, 0.15) is 11.9 Å². The molecule has 2 heterocycles. The summed E-state index contributed by atoms with van der Waals surface area (Å²) in [7, 11) is -3.64. The minimum atomic E-state index is -3.64. The highest BCUT2D eigenvalue weighted by Crippen LogP contribution is 2.35. The number of likely N-dealkylation sites (tertiary alicyclic amines) is 1. The summed E-state index contributed by atoms with van der Waals surface area (Å²) in [5.74, 6) is 0.228. The van der Waals surface area contributed by atoms with Crippen LogP contribution in [-0.2, 0) is 16.4 Å². The Morgan fingerprint density at radius 2 is 2.07 bits per heavy atom. The van der Waals surface area contributed by atoms with Crippen molar-refractivity contribution in [3.8, 4) is 5.75 Å². The fraction of sp³-hybridized carbons (Fsp3) is 0.632. The van der Waals surface area contributed by atoms with E-state index in [1.54, 1.807) is 13.0 Å². The number of nitrogens with one attached hydrogen (secondary N) is 2. The van der Waals surface area contributed by atoms with Gasteiger partial charge in [0.15, 0.2) is 0 Å². The maximum absolute atomic E-state index is 12.9. The Kier molecular flexibility index (Phi) is 7.73. The molecule has 9 heteroatoms. The molecule has 2 unspecified atom stereocenters. The highest BCUT2D eigenvalue weighted by atomic mass is 35.5. The lowest BCUT2D eigenvalue weighted by molar-refractivity contribution is 0.0936. The van der Waals surface area contributed by atoms with Gasteiger partial charge >= 0.3 is 0 Å². The second kappa shape index (κ2) is 9.43. The zero-order valence-electron chi connectivity index (χ0n) is 16.7. The fourth-order valence-electron chi connectivity index (χ4n) is 3.95. The molecule has 2 aliphatic heterocycles. The van der Waals surface area contributed by atoms with Gasteiger partial charge in [0.05, 0.1) is 10.5 Å². The normalized spacial score (nSPS) is 21.7. The van der Waals surface area contributed by atoms with Gasteiger partial charge in [-0.1, -0.05) is 13.8 Å². The van der Waals surface area contributed by atoms with Crippen LogP contribution in [0.2, 0.25) is 0 Å². The van der Waals surface area contributed by atoms with E-state index in [1.165, 1.54) is 6.07 Å². The van der Waals surface area contributed by atoms with E-state index in [0.29, 0.717) is 36.9 Å². The number of benzene rings is 1. The van der Waals surface area contributed by atoms with E-state index in [-0.39, 0.29) is 29.3 Å². The Balaban J connectivity index is 0.00000280. The summed E-state index contributed by atoms with van der Waals surface area (Å²) in [6.45, 7) is 8.64. The summed E-state index contributed by atoms with van der Waals surface area (Å²) in [4.78, 5) is 15.3. The smallest absolute Gasteiger partial charge is 0.255 e. The van der Waals surface area contributed by atoms with Crippen molar-refractivity contribution in [3.63, 3.8) is 0 Å². The van der Waals surface area contributed by atoms with Gasteiger partial charge in [-0.25, -0.2) is 13.1 Å². The third-order valence-corrected chi connectivity index (χ3v) is 6.78. The van der Waals surface area contributed by atoms with Crippen LogP contribution in [0.15, 0.2) is 17.0 Å². The Morgan fingerprint density at radius 3 is 2.75 bits per heavy atom. The molecular formula is C19H30ClN3O4S. The quantitative estimate of drug-likeness (QED) is 0.688. The molecule has 1 aromatic rings. The number of ether oxygens (including phenoxy) is 1. The first kappa shape index (κ1) is 22.9. The second-order valence-electron chi connectivity index (χ2n) is 7.23. The Bertz CT molecular complexity index is 816. The van der Waals surface area contributed by atoms with Crippen LogP contribution < -0.4 is 14.8 Å². The van der Waals surface area contributed by atoms with Crippen molar-refractivity contribution in [2.75, 3.05) is 26.2 Å². The predicted octanol–water partition coefficient (Wildman–Crippen LogP) is 1.94. The zero-order valence-corrected chi connectivity index (χ0v) is 18.3. The van der Waals surface area contributed by atoms with Crippen molar-refractivity contribution in [1.29, 1.82) is 0 Å². The number of likely N-dealkylation sites (N-methyl/N-ethyl adjacent to an activating group) is 1. The monoisotopic (exact) mass is 431 g/mol. The van der Waals surface area contributed by atoms with Crippen molar-refractivity contribution in [3.05, 3.63) is 23.3 Å². The molecule has 1 saturated heterocycles. The number of carbonyl (C=O) groups is 1. The Morgan fingerprint density at radius 1 is 1.32 bits per heavy atom. The molecule has 0 aliphatic carbocycles. The first-order chi connectivity index (χ1) is 12.9. The number of sulfonamides is 1. The Labute approximate surface area is 173 Å². The topological polar surface area (TPSA) is 87.7 Å². The molecule has 28 heavy (non-hydrogen) atoms. The van der Waals surface area contributed by atoms with E-state index >= 15 is 0 Å². The molecule has 7 nitrogen and oxygen atoms in total. The van der Waals surface area contributed by atoms with Crippen molar-refractivity contribution >= 4 is 28.3 Å². The molecule has 2 N–H and O–H groups in total. The number of carbonyl (C=O) groups excluding carboxylic acids is 1. The number of halogens is 1. The summed E-state index contributed by atoms with van der Waals surface area (Å²) in [5, 5.41) is 2.98. The van der Waals surface area contributed by atoms with Crippen LogP contribution in [0.25, 0.3) is 0 Å². The number of amides is 1. The van der Waals surface area contributed by atoms with Crippen LogP contribution in [0, 0.1) is 0 Å². The molecule has 3 rings (SSSR count). The van der Waals surface area contributed by atoms with Crippen LogP contribution in [0.3, 0.4) is 0 Å². The van der Waals surface area contributed by atoms with Gasteiger partial charge in [-0.05, 0) is 50.6 Å². The molecule has 1 amide bonds. The third kappa shape index (κ3) is 4.79. The molecule has 0 aromatic heterocycles. The predicted molar refractivity (Wildman–Crippen MR) is 111 cm³/mol. The van der Waals surface area contributed by atoms with Crippen LogP contribution in [0.4, 0.5) is 0 Å². The highest BCUT2D eigenvalue weighted by Gasteiger charge is 2.30. The van der Waals surface area contributed by atoms with E-state index in [1.807, 2.05) is 6.92 Å². The van der Waals surface area contributed by atoms with E-state index in [0.717, 1.165) is 31.5 Å². The maximum Gasteiger partial charge on any atom is 0.255 e. The van der Waals surface area contributed by atoms with E-state index in [4.69, 9.17) is 4.74 Å². The molecule has 1 fully saturated rings. The van der Waals surface area contributed by atoms with Gasteiger partial charge < -0.3 is 10.1 Å². The average Bonchev–Trinajstić information content (AvgIpc) is 3.23. The van der Waals surface area contributed by atoms with Crippen molar-refractivity contribution in [1.82, 2.24) is 14.9 Å². The first-order valence-electron chi connectivity index (χ1n) is 9.71. The lowest BCUT2D eigenvalue weighted by Gasteiger charge is -2.23. The fourth-order valence-corrected chi connectivity index (χ4v) is 5.07. The summed E-state index contributed by atoms with van der Waals surface area (Å²) < 4.78 is 33.2. The minimum absolute atomic E-state index is 0. The molecule has 0 spiro atoms. The first-order valence-corrected chi connectivity index (χ1v) is 11.2. The molecular weight excluding hydrogens is 402 g/mol. The number of hydrogen-bond acceptors (Lipinski definition) is 5. The van der Waals surface area contributed by atoms with Crippen molar-refractivity contribution < 1.29 is 17.9 Å². The van der Waals surface area contributed by atoms with E-state index in [9.17, 15) is 13.2 Å². The van der Waals surface area contributed by atoms with Gasteiger partial charge in [-0.2, -0.15) is 0 Å². The largest absolute Gasteiger partial charge is 0.489 e. The van der Waals surface area contributed by atoms with Gasteiger partial charge in [0.25, 0.3) is 5.91 Å². The lowest BCUT2D eigenvalue weighted by atomic mass is 10.1. The van der Waals surface area contributed by atoms with Crippen LogP contribution in [0.5, 0.6) is 5.75 Å². The standard InChI is InChI=1S/C19H29N3O4S.ClH/c1-4-21-27(24,25)16-10-14-9-13(3)26-18(14)17(11-16)19(23)20-12-15-7-6-8-22(15)5-2;/h10-11,13,15,21H,4-9,12H2,1-3H3,(H,20,23);1H. The van der Waals surface area contributed by atoms with E-state index in [2.05, 4.69) is 21.9 Å². The van der Waals surface area contributed by atoms with Gasteiger partial charge in [-0.15, -0.1) is 12.4 Å². The number of fused-ring (bicyclic) bond motifs is 1. The molecule has 0 saturated carbocycles. The van der Waals surface area contributed by atoms with Crippen LogP contribution in [-0.4, -0.2) is 57.5 Å². The second-order valence-corrected chi connectivity index (χ2v) is 8.99. The number of nitrogens with zero attached hydrogens (tertiary/aromatic N) is 1. The Hall–Kier alpha value is -1.35. The van der Waals surface area contributed by atoms with Crippen molar-refractivity contribution in [2.24, 2.45) is 0 Å². The van der Waals surface area contributed by atoms with Crippen LogP contribution >= 0.6 is 12.4 Å². The lowest BCUT2D eigenvalue weighted by Crippen LogP contribution is -2.40. The zero-order chi connectivity index (χ0) is 19.6. The maximum atomic E-state index is 12.9. The molecule has 0 bridgehead atoms. The van der Waals surface area contributed by atoms with Crippen LogP contribution in [0.1, 0.15) is 49.5 Å². The molecule has 2 aliphatic rings. The van der Waals surface area contributed by atoms with Gasteiger partial charge in [0.2, 0.25) is 10.0 Å². The molecule has 2 atom stereocenters. The summed E-state index contributed by atoms with van der Waals surface area (Å²) >= 11 is 0. The number of rotatable bonds is 7.